The molecule has 0 fully saturated rings. The molecule has 0 aliphatic carbocycles. The molecule has 1 heterocycles. The predicted octanol–water partition coefficient (Wildman–Crippen LogP) is 3.53. The van der Waals surface area contributed by atoms with E-state index in [1.165, 1.54) is 12.1 Å². The number of aromatic nitrogens is 2. The molecular weight excluding hydrogens is 253 g/mol. The summed E-state index contributed by atoms with van der Waals surface area (Å²) in [4.78, 5) is 8.60. The monoisotopic (exact) mass is 265 g/mol. The molecule has 0 aliphatic rings. The minimum atomic E-state index is -0.311. The van der Waals surface area contributed by atoms with Gasteiger partial charge in [-0.15, -0.1) is 0 Å². The second-order valence-electron chi connectivity index (χ2n) is 4.37. The highest BCUT2D eigenvalue weighted by molar-refractivity contribution is 5.74. The second kappa shape index (κ2) is 5.09. The van der Waals surface area contributed by atoms with Crippen molar-refractivity contribution in [3.63, 3.8) is 0 Å². The summed E-state index contributed by atoms with van der Waals surface area (Å²) in [6, 6.07) is 15.8. The van der Waals surface area contributed by atoms with E-state index in [9.17, 15) is 4.39 Å². The average molecular weight is 265 g/mol. The van der Waals surface area contributed by atoms with Gasteiger partial charge in [0, 0.05) is 17.3 Å². The largest absolute Gasteiger partial charge is 0.383 e. The van der Waals surface area contributed by atoms with Crippen LogP contribution in [-0.4, -0.2) is 9.97 Å². The minimum absolute atomic E-state index is 0.311. The molecule has 20 heavy (non-hydrogen) atoms. The van der Waals surface area contributed by atoms with Gasteiger partial charge in [0.05, 0.1) is 0 Å². The first-order chi connectivity index (χ1) is 9.74. The number of hydrogen-bond donors (Lipinski definition) is 1. The van der Waals surface area contributed by atoms with Crippen molar-refractivity contribution in [3.05, 3.63) is 66.6 Å². The summed E-state index contributed by atoms with van der Waals surface area (Å²) in [5.41, 5.74) is 8.16. The Kier molecular flexibility index (Phi) is 3.13. The highest BCUT2D eigenvalue weighted by atomic mass is 19.1. The predicted molar refractivity (Wildman–Crippen MR) is 77.3 cm³/mol. The van der Waals surface area contributed by atoms with E-state index in [0.29, 0.717) is 22.8 Å². The fraction of sp³-hybridized carbons (Fsp3) is 0. The third-order valence-electron chi connectivity index (χ3n) is 2.99. The molecule has 3 aromatic rings. The molecule has 98 valence electrons. The van der Waals surface area contributed by atoms with E-state index < -0.39 is 0 Å². The SMILES string of the molecule is Nc1nc(-c2ccccc2)ncc1-c1cccc(F)c1. The zero-order valence-electron chi connectivity index (χ0n) is 10.6. The number of nitrogen functional groups attached to an aromatic ring is 1. The van der Waals surface area contributed by atoms with E-state index in [-0.39, 0.29) is 5.82 Å². The molecule has 2 N–H and O–H groups in total. The molecule has 2 aromatic carbocycles. The van der Waals surface area contributed by atoms with Crippen molar-refractivity contribution in [2.75, 3.05) is 5.73 Å². The molecule has 0 atom stereocenters. The Hall–Kier alpha value is -2.75. The van der Waals surface area contributed by atoms with Gasteiger partial charge in [-0.2, -0.15) is 0 Å². The molecule has 0 radical (unpaired) electrons. The standard InChI is InChI=1S/C16H12FN3/c17-13-8-4-7-12(9-13)14-10-19-16(20-15(14)18)11-5-2-1-3-6-11/h1-10H,(H2,18,19,20). The zero-order chi connectivity index (χ0) is 13.9. The summed E-state index contributed by atoms with van der Waals surface area (Å²) in [6.07, 6.45) is 1.62. The number of nitrogens with two attached hydrogens (primary N) is 1. The second-order valence-corrected chi connectivity index (χ2v) is 4.37. The van der Waals surface area contributed by atoms with Gasteiger partial charge in [0.15, 0.2) is 5.82 Å². The lowest BCUT2D eigenvalue weighted by molar-refractivity contribution is 0.628. The van der Waals surface area contributed by atoms with Crippen molar-refractivity contribution < 1.29 is 4.39 Å². The zero-order valence-corrected chi connectivity index (χ0v) is 10.6. The van der Waals surface area contributed by atoms with Crippen LogP contribution in [0.5, 0.6) is 0 Å². The summed E-state index contributed by atoms with van der Waals surface area (Å²) in [5.74, 6) is 0.585. The van der Waals surface area contributed by atoms with Crippen LogP contribution in [0, 0.1) is 5.82 Å². The maximum Gasteiger partial charge on any atom is 0.161 e. The molecule has 3 nitrogen and oxygen atoms in total. The Morgan fingerprint density at radius 1 is 0.900 bits per heavy atom. The summed E-state index contributed by atoms with van der Waals surface area (Å²) in [6.45, 7) is 0. The molecule has 3 rings (SSSR count). The van der Waals surface area contributed by atoms with Crippen LogP contribution in [0.3, 0.4) is 0 Å². The van der Waals surface area contributed by atoms with E-state index in [1.54, 1.807) is 18.3 Å². The Balaban J connectivity index is 2.04. The Bertz CT molecular complexity index is 742. The van der Waals surface area contributed by atoms with Gasteiger partial charge in [-0.25, -0.2) is 14.4 Å². The Morgan fingerprint density at radius 3 is 2.35 bits per heavy atom. The fourth-order valence-electron chi connectivity index (χ4n) is 2.00. The summed E-state index contributed by atoms with van der Waals surface area (Å²) in [5, 5.41) is 0. The lowest BCUT2D eigenvalue weighted by Gasteiger charge is -2.07. The van der Waals surface area contributed by atoms with Crippen molar-refractivity contribution in [3.8, 4) is 22.5 Å². The first-order valence-electron chi connectivity index (χ1n) is 6.18. The number of hydrogen-bond acceptors (Lipinski definition) is 3. The number of nitrogens with zero attached hydrogens (tertiary/aromatic N) is 2. The third-order valence-corrected chi connectivity index (χ3v) is 2.99. The molecule has 0 spiro atoms. The Labute approximate surface area is 115 Å². The molecule has 0 saturated heterocycles. The first-order valence-corrected chi connectivity index (χ1v) is 6.18. The van der Waals surface area contributed by atoms with Crippen LogP contribution in [0.4, 0.5) is 10.2 Å². The molecule has 0 unspecified atom stereocenters. The van der Waals surface area contributed by atoms with Gasteiger partial charge in [0.2, 0.25) is 0 Å². The van der Waals surface area contributed by atoms with E-state index >= 15 is 0 Å². The maximum atomic E-state index is 13.2. The molecular formula is C16H12FN3. The van der Waals surface area contributed by atoms with Gasteiger partial charge in [0.1, 0.15) is 11.6 Å². The highest BCUT2D eigenvalue weighted by Crippen LogP contribution is 2.26. The number of benzene rings is 2. The quantitative estimate of drug-likeness (QED) is 0.771. The van der Waals surface area contributed by atoms with Gasteiger partial charge >= 0.3 is 0 Å². The summed E-state index contributed by atoms with van der Waals surface area (Å²) >= 11 is 0. The first kappa shape index (κ1) is 12.3. The van der Waals surface area contributed by atoms with E-state index in [0.717, 1.165) is 5.56 Å². The molecule has 0 amide bonds. The highest BCUT2D eigenvalue weighted by Gasteiger charge is 2.08. The van der Waals surface area contributed by atoms with Crippen LogP contribution in [0.15, 0.2) is 60.8 Å². The smallest absolute Gasteiger partial charge is 0.161 e. The molecule has 0 aliphatic heterocycles. The molecule has 1 aromatic heterocycles. The minimum Gasteiger partial charge on any atom is -0.383 e. The van der Waals surface area contributed by atoms with Gasteiger partial charge in [-0.1, -0.05) is 42.5 Å². The van der Waals surface area contributed by atoms with Gasteiger partial charge < -0.3 is 5.73 Å². The van der Waals surface area contributed by atoms with Gasteiger partial charge in [-0.05, 0) is 17.7 Å². The summed E-state index contributed by atoms with van der Waals surface area (Å²) in [7, 11) is 0. The Morgan fingerprint density at radius 2 is 1.65 bits per heavy atom. The van der Waals surface area contributed by atoms with Crippen LogP contribution < -0.4 is 5.73 Å². The van der Waals surface area contributed by atoms with Crippen LogP contribution in [0.1, 0.15) is 0 Å². The van der Waals surface area contributed by atoms with Crippen LogP contribution in [0.2, 0.25) is 0 Å². The number of rotatable bonds is 2. The van der Waals surface area contributed by atoms with E-state index in [1.807, 2.05) is 30.3 Å². The van der Waals surface area contributed by atoms with E-state index in [4.69, 9.17) is 5.73 Å². The topological polar surface area (TPSA) is 51.8 Å². The fourth-order valence-corrected chi connectivity index (χ4v) is 2.00. The van der Waals surface area contributed by atoms with Crippen molar-refractivity contribution in [1.29, 1.82) is 0 Å². The number of halogens is 1. The third kappa shape index (κ3) is 2.36. The average Bonchev–Trinajstić information content (AvgIpc) is 2.48. The van der Waals surface area contributed by atoms with E-state index in [2.05, 4.69) is 9.97 Å². The normalized spacial score (nSPS) is 10.4. The lowest BCUT2D eigenvalue weighted by Crippen LogP contribution is -1.98. The van der Waals surface area contributed by atoms with Crippen molar-refractivity contribution in [2.45, 2.75) is 0 Å². The van der Waals surface area contributed by atoms with Crippen molar-refractivity contribution in [2.24, 2.45) is 0 Å². The summed E-state index contributed by atoms with van der Waals surface area (Å²) < 4.78 is 13.2. The lowest BCUT2D eigenvalue weighted by atomic mass is 10.1. The maximum absolute atomic E-state index is 13.2. The van der Waals surface area contributed by atoms with Gasteiger partial charge in [0.25, 0.3) is 0 Å². The van der Waals surface area contributed by atoms with Gasteiger partial charge in [-0.3, -0.25) is 0 Å². The van der Waals surface area contributed by atoms with Crippen molar-refractivity contribution in [1.82, 2.24) is 9.97 Å². The molecule has 4 heteroatoms. The van der Waals surface area contributed by atoms with Crippen LogP contribution in [-0.2, 0) is 0 Å². The molecule has 0 bridgehead atoms. The number of anilines is 1. The van der Waals surface area contributed by atoms with Crippen LogP contribution in [0.25, 0.3) is 22.5 Å². The van der Waals surface area contributed by atoms with Crippen LogP contribution >= 0.6 is 0 Å². The van der Waals surface area contributed by atoms with Crippen molar-refractivity contribution >= 4 is 5.82 Å². The molecule has 0 saturated carbocycles.